The van der Waals surface area contributed by atoms with Crippen LogP contribution in [-0.4, -0.2) is 19.0 Å². The molecule has 0 saturated heterocycles. The van der Waals surface area contributed by atoms with Gasteiger partial charge in [-0.15, -0.1) is 0 Å². The van der Waals surface area contributed by atoms with Crippen molar-refractivity contribution >= 4 is 5.84 Å². The number of amidine groups is 1. The summed E-state index contributed by atoms with van der Waals surface area (Å²) in [5, 5.41) is 7.61. The van der Waals surface area contributed by atoms with Gasteiger partial charge in [0.25, 0.3) is 0 Å². The van der Waals surface area contributed by atoms with E-state index >= 15 is 0 Å². The van der Waals surface area contributed by atoms with Gasteiger partial charge in [0.05, 0.1) is 25.4 Å². The van der Waals surface area contributed by atoms with Gasteiger partial charge in [0, 0.05) is 0 Å². The fourth-order valence-corrected chi connectivity index (χ4v) is 2.92. The molecule has 2 rings (SSSR count). The van der Waals surface area contributed by atoms with E-state index in [2.05, 4.69) is 13.8 Å². The van der Waals surface area contributed by atoms with Gasteiger partial charge in [0.15, 0.2) is 0 Å². The Labute approximate surface area is 127 Å². The topological polar surface area (TPSA) is 68.3 Å². The summed E-state index contributed by atoms with van der Waals surface area (Å²) in [6.45, 7) is 5.20. The van der Waals surface area contributed by atoms with Gasteiger partial charge in [-0.25, -0.2) is 0 Å². The molecule has 4 nitrogen and oxygen atoms in total. The van der Waals surface area contributed by atoms with Crippen LogP contribution in [0.2, 0.25) is 0 Å². The van der Waals surface area contributed by atoms with Gasteiger partial charge in [-0.2, -0.15) is 0 Å². The number of methoxy groups -OCH3 is 1. The molecular formula is C17H26N2O2. The number of nitrogens with one attached hydrogen (secondary N) is 1. The number of ether oxygens (including phenoxy) is 2. The highest BCUT2D eigenvalue weighted by Gasteiger charge is 2.24. The molecule has 3 unspecified atom stereocenters. The molecule has 116 valence electrons. The molecule has 0 aromatic heterocycles. The standard InChI is InChI=1S/C17H26N2O2/c1-11-4-6-14(8-12(11)2)21-10-13-5-7-16(20-3)15(9-13)17(18)19/h5,7,9,11-12,14H,4,6,8,10H2,1-3H3,(H3,18,19). The van der Waals surface area contributed by atoms with E-state index in [4.69, 9.17) is 20.6 Å². The molecule has 1 saturated carbocycles. The first-order valence-corrected chi connectivity index (χ1v) is 7.64. The summed E-state index contributed by atoms with van der Waals surface area (Å²) in [5.41, 5.74) is 7.26. The molecule has 1 aliphatic carbocycles. The van der Waals surface area contributed by atoms with E-state index in [9.17, 15) is 0 Å². The van der Waals surface area contributed by atoms with Crippen molar-refractivity contribution in [2.45, 2.75) is 45.8 Å². The lowest BCUT2D eigenvalue weighted by atomic mass is 9.80. The highest BCUT2D eigenvalue weighted by molar-refractivity contribution is 5.97. The summed E-state index contributed by atoms with van der Waals surface area (Å²) < 4.78 is 11.3. The second kappa shape index (κ2) is 6.94. The van der Waals surface area contributed by atoms with Crippen LogP contribution in [0.5, 0.6) is 5.75 Å². The highest BCUT2D eigenvalue weighted by Crippen LogP contribution is 2.31. The van der Waals surface area contributed by atoms with Crippen molar-refractivity contribution in [2.75, 3.05) is 7.11 Å². The van der Waals surface area contributed by atoms with Crippen molar-refractivity contribution in [3.05, 3.63) is 29.3 Å². The Hall–Kier alpha value is -1.55. The van der Waals surface area contributed by atoms with Crippen LogP contribution in [0.15, 0.2) is 18.2 Å². The maximum Gasteiger partial charge on any atom is 0.129 e. The quantitative estimate of drug-likeness (QED) is 0.645. The van der Waals surface area contributed by atoms with E-state index in [1.54, 1.807) is 7.11 Å². The summed E-state index contributed by atoms with van der Waals surface area (Å²) in [6.07, 6.45) is 3.87. The Kier molecular flexibility index (Phi) is 5.23. The van der Waals surface area contributed by atoms with Crippen LogP contribution < -0.4 is 10.5 Å². The summed E-state index contributed by atoms with van der Waals surface area (Å²) in [7, 11) is 1.59. The number of hydrogen-bond donors (Lipinski definition) is 2. The Bertz CT molecular complexity index is 502. The van der Waals surface area contributed by atoms with Gasteiger partial charge in [0.2, 0.25) is 0 Å². The van der Waals surface area contributed by atoms with Gasteiger partial charge < -0.3 is 15.2 Å². The predicted octanol–water partition coefficient (Wildman–Crippen LogP) is 3.32. The van der Waals surface area contributed by atoms with Crippen LogP contribution in [0.3, 0.4) is 0 Å². The normalized spacial score (nSPS) is 25.6. The lowest BCUT2D eigenvalue weighted by Crippen LogP contribution is -2.26. The van der Waals surface area contributed by atoms with Crippen LogP contribution in [0.1, 0.15) is 44.2 Å². The number of benzene rings is 1. The minimum absolute atomic E-state index is 0.0220. The first-order chi connectivity index (χ1) is 10.0. The fraction of sp³-hybridized carbons (Fsp3) is 0.588. The smallest absolute Gasteiger partial charge is 0.129 e. The third kappa shape index (κ3) is 3.97. The Morgan fingerprint density at radius 3 is 2.67 bits per heavy atom. The molecule has 4 heteroatoms. The van der Waals surface area contributed by atoms with Crippen LogP contribution in [0, 0.1) is 17.2 Å². The van der Waals surface area contributed by atoms with Gasteiger partial charge in [-0.05, 0) is 48.8 Å². The van der Waals surface area contributed by atoms with E-state index in [1.165, 1.54) is 6.42 Å². The van der Waals surface area contributed by atoms with Gasteiger partial charge in [-0.3, -0.25) is 5.41 Å². The first kappa shape index (κ1) is 15.8. The molecule has 1 aromatic rings. The van der Waals surface area contributed by atoms with Crippen molar-refractivity contribution in [3.8, 4) is 5.75 Å². The van der Waals surface area contributed by atoms with Crippen molar-refractivity contribution in [2.24, 2.45) is 17.6 Å². The zero-order valence-electron chi connectivity index (χ0n) is 13.2. The lowest BCUT2D eigenvalue weighted by Gasteiger charge is -2.32. The lowest BCUT2D eigenvalue weighted by molar-refractivity contribution is -0.00746. The number of hydrogen-bond acceptors (Lipinski definition) is 3. The molecule has 3 N–H and O–H groups in total. The van der Waals surface area contributed by atoms with E-state index in [0.29, 0.717) is 24.0 Å². The number of rotatable bonds is 5. The minimum Gasteiger partial charge on any atom is -0.496 e. The van der Waals surface area contributed by atoms with E-state index in [0.717, 1.165) is 30.2 Å². The zero-order chi connectivity index (χ0) is 15.4. The van der Waals surface area contributed by atoms with Gasteiger partial charge in [-0.1, -0.05) is 19.9 Å². The molecule has 21 heavy (non-hydrogen) atoms. The Balaban J connectivity index is 1.97. The van der Waals surface area contributed by atoms with Crippen LogP contribution in [0.4, 0.5) is 0 Å². The molecular weight excluding hydrogens is 264 g/mol. The highest BCUT2D eigenvalue weighted by atomic mass is 16.5. The number of nitrogen functional groups attached to an aromatic ring is 1. The third-order valence-corrected chi connectivity index (χ3v) is 4.59. The second-order valence-electron chi connectivity index (χ2n) is 6.15. The molecule has 0 aliphatic heterocycles. The summed E-state index contributed by atoms with van der Waals surface area (Å²) in [6, 6.07) is 5.71. The van der Waals surface area contributed by atoms with Crippen LogP contribution in [-0.2, 0) is 11.3 Å². The summed E-state index contributed by atoms with van der Waals surface area (Å²) >= 11 is 0. The molecule has 0 radical (unpaired) electrons. The van der Waals surface area contributed by atoms with Crippen molar-refractivity contribution < 1.29 is 9.47 Å². The summed E-state index contributed by atoms with van der Waals surface area (Å²) in [5.74, 6) is 2.18. The number of nitrogens with two attached hydrogens (primary N) is 1. The first-order valence-electron chi connectivity index (χ1n) is 7.64. The largest absolute Gasteiger partial charge is 0.496 e. The predicted molar refractivity (Wildman–Crippen MR) is 84.8 cm³/mol. The van der Waals surface area contributed by atoms with Crippen molar-refractivity contribution in [3.63, 3.8) is 0 Å². The molecule has 0 bridgehead atoms. The fourth-order valence-electron chi connectivity index (χ4n) is 2.92. The molecule has 0 heterocycles. The summed E-state index contributed by atoms with van der Waals surface area (Å²) in [4.78, 5) is 0. The molecule has 0 spiro atoms. The second-order valence-corrected chi connectivity index (χ2v) is 6.15. The maximum atomic E-state index is 7.61. The molecule has 3 atom stereocenters. The molecule has 1 aromatic carbocycles. The van der Waals surface area contributed by atoms with Crippen molar-refractivity contribution in [1.82, 2.24) is 0 Å². The van der Waals surface area contributed by atoms with Crippen LogP contribution in [0.25, 0.3) is 0 Å². The van der Waals surface area contributed by atoms with Crippen LogP contribution >= 0.6 is 0 Å². The average Bonchev–Trinajstić information content (AvgIpc) is 2.48. The molecule has 0 amide bonds. The van der Waals surface area contributed by atoms with E-state index in [-0.39, 0.29) is 5.84 Å². The van der Waals surface area contributed by atoms with Crippen molar-refractivity contribution in [1.29, 1.82) is 5.41 Å². The monoisotopic (exact) mass is 290 g/mol. The average molecular weight is 290 g/mol. The minimum atomic E-state index is 0.0220. The van der Waals surface area contributed by atoms with Gasteiger partial charge >= 0.3 is 0 Å². The van der Waals surface area contributed by atoms with Gasteiger partial charge in [0.1, 0.15) is 11.6 Å². The molecule has 1 aliphatic rings. The maximum absolute atomic E-state index is 7.61. The Morgan fingerprint density at radius 1 is 1.29 bits per heavy atom. The third-order valence-electron chi connectivity index (χ3n) is 4.59. The van der Waals surface area contributed by atoms with E-state index < -0.39 is 0 Å². The zero-order valence-corrected chi connectivity index (χ0v) is 13.2. The SMILES string of the molecule is COc1ccc(COC2CCC(C)C(C)C2)cc1C(=N)N. The Morgan fingerprint density at radius 2 is 2.05 bits per heavy atom. The van der Waals surface area contributed by atoms with E-state index in [1.807, 2.05) is 18.2 Å². The molecule has 1 fully saturated rings.